The van der Waals surface area contributed by atoms with Crippen LogP contribution in [0.4, 0.5) is 5.69 Å². The number of aryl methyl sites for hydroxylation is 2. The number of nitrogens with zero attached hydrogens (tertiary/aromatic N) is 2. The van der Waals surface area contributed by atoms with Gasteiger partial charge in [0, 0.05) is 11.1 Å². The Labute approximate surface area is 184 Å². The molecule has 3 rings (SSSR count). The van der Waals surface area contributed by atoms with Gasteiger partial charge in [0.1, 0.15) is 10.8 Å². The summed E-state index contributed by atoms with van der Waals surface area (Å²) in [5.41, 5.74) is 3.16. The molecule has 1 atom stereocenters. The van der Waals surface area contributed by atoms with Crippen LogP contribution in [-0.4, -0.2) is 28.0 Å². The van der Waals surface area contributed by atoms with Crippen LogP contribution in [0.2, 0.25) is 5.02 Å². The number of aromatic nitrogens is 2. The molecule has 6 nitrogen and oxygen atoms in total. The van der Waals surface area contributed by atoms with Gasteiger partial charge in [-0.05, 0) is 68.3 Å². The summed E-state index contributed by atoms with van der Waals surface area (Å²) in [4.78, 5) is 25.0. The number of hydrogen-bond donors (Lipinski definition) is 1. The first-order chi connectivity index (χ1) is 14.3. The van der Waals surface area contributed by atoms with Crippen LogP contribution in [0.15, 0.2) is 58.4 Å². The molecule has 1 amide bonds. The molecule has 0 fully saturated rings. The summed E-state index contributed by atoms with van der Waals surface area (Å²) in [5.74, 6) is 0.290. The standard InChI is InChI=1S/C22H22ClN3O3S/c1-13-5-7-17(11-14(13)2)26-21(27)10-9-20(25-26)30-15(3)22(28)24-18-12-16(23)6-8-19(18)29-4/h5-12,15H,1-4H3,(H,24,28). The summed E-state index contributed by atoms with van der Waals surface area (Å²) in [6, 6.07) is 13.8. The van der Waals surface area contributed by atoms with E-state index in [1.54, 1.807) is 31.2 Å². The minimum atomic E-state index is -0.466. The molecule has 2 aromatic carbocycles. The second kappa shape index (κ2) is 9.36. The second-order valence-electron chi connectivity index (χ2n) is 6.78. The van der Waals surface area contributed by atoms with Crippen molar-refractivity contribution in [2.24, 2.45) is 0 Å². The third kappa shape index (κ3) is 5.04. The van der Waals surface area contributed by atoms with Gasteiger partial charge in [-0.3, -0.25) is 9.59 Å². The van der Waals surface area contributed by atoms with Crippen molar-refractivity contribution in [1.82, 2.24) is 9.78 Å². The van der Waals surface area contributed by atoms with Crippen molar-refractivity contribution < 1.29 is 9.53 Å². The maximum atomic E-state index is 12.7. The van der Waals surface area contributed by atoms with Crippen molar-refractivity contribution in [3.8, 4) is 11.4 Å². The predicted molar refractivity (Wildman–Crippen MR) is 121 cm³/mol. The highest BCUT2D eigenvalue weighted by molar-refractivity contribution is 8.00. The Morgan fingerprint density at radius 1 is 1.13 bits per heavy atom. The summed E-state index contributed by atoms with van der Waals surface area (Å²) in [6.07, 6.45) is 0. The monoisotopic (exact) mass is 443 g/mol. The highest BCUT2D eigenvalue weighted by atomic mass is 35.5. The fraction of sp³-hybridized carbons (Fsp3) is 0.227. The summed E-state index contributed by atoms with van der Waals surface area (Å²) >= 11 is 7.28. The number of hydrogen-bond acceptors (Lipinski definition) is 5. The zero-order valence-electron chi connectivity index (χ0n) is 17.1. The molecule has 0 aliphatic rings. The molecule has 0 saturated carbocycles. The molecule has 0 spiro atoms. The van der Waals surface area contributed by atoms with Gasteiger partial charge in [-0.1, -0.05) is 29.4 Å². The molecule has 0 aliphatic heterocycles. The molecule has 1 N–H and O–H groups in total. The number of carbonyl (C=O) groups excluding carboxylic acids is 1. The van der Waals surface area contributed by atoms with E-state index < -0.39 is 5.25 Å². The minimum Gasteiger partial charge on any atom is -0.495 e. The van der Waals surface area contributed by atoms with Crippen LogP contribution in [-0.2, 0) is 4.79 Å². The van der Waals surface area contributed by atoms with Gasteiger partial charge in [-0.25, -0.2) is 0 Å². The van der Waals surface area contributed by atoms with E-state index in [0.29, 0.717) is 27.2 Å². The van der Waals surface area contributed by atoms with Crippen molar-refractivity contribution in [3.05, 3.63) is 75.0 Å². The lowest BCUT2D eigenvalue weighted by molar-refractivity contribution is -0.115. The number of ether oxygens (including phenoxy) is 1. The molecule has 8 heteroatoms. The lowest BCUT2D eigenvalue weighted by Crippen LogP contribution is -2.24. The van der Waals surface area contributed by atoms with Gasteiger partial charge in [0.15, 0.2) is 0 Å². The molecule has 1 heterocycles. The smallest absolute Gasteiger partial charge is 0.271 e. The Balaban J connectivity index is 1.79. The van der Waals surface area contributed by atoms with Crippen molar-refractivity contribution in [2.45, 2.75) is 31.0 Å². The van der Waals surface area contributed by atoms with Crippen LogP contribution >= 0.6 is 23.4 Å². The first kappa shape index (κ1) is 21.9. The van der Waals surface area contributed by atoms with E-state index in [-0.39, 0.29) is 11.5 Å². The van der Waals surface area contributed by atoms with Gasteiger partial charge >= 0.3 is 0 Å². The molecule has 0 bridgehead atoms. The van der Waals surface area contributed by atoms with Gasteiger partial charge < -0.3 is 10.1 Å². The highest BCUT2D eigenvalue weighted by Crippen LogP contribution is 2.29. The van der Waals surface area contributed by atoms with Gasteiger partial charge in [-0.15, -0.1) is 0 Å². The van der Waals surface area contributed by atoms with Crippen LogP contribution in [0.5, 0.6) is 5.75 Å². The first-order valence-electron chi connectivity index (χ1n) is 9.27. The number of anilines is 1. The maximum Gasteiger partial charge on any atom is 0.271 e. The number of rotatable bonds is 6. The topological polar surface area (TPSA) is 73.2 Å². The molecular formula is C22H22ClN3O3S. The summed E-state index contributed by atoms with van der Waals surface area (Å²) < 4.78 is 6.61. The first-order valence-corrected chi connectivity index (χ1v) is 10.5. The quantitative estimate of drug-likeness (QED) is 0.562. The Hall–Kier alpha value is -2.77. The normalized spacial score (nSPS) is 11.8. The van der Waals surface area contributed by atoms with Crippen LogP contribution in [0.25, 0.3) is 5.69 Å². The van der Waals surface area contributed by atoms with Gasteiger partial charge in [-0.2, -0.15) is 9.78 Å². The van der Waals surface area contributed by atoms with E-state index in [1.165, 1.54) is 29.6 Å². The number of nitrogens with one attached hydrogen (secondary N) is 1. The molecule has 156 valence electrons. The van der Waals surface area contributed by atoms with Crippen LogP contribution < -0.4 is 15.6 Å². The van der Waals surface area contributed by atoms with Crippen molar-refractivity contribution in [1.29, 1.82) is 0 Å². The number of methoxy groups -OCH3 is 1. The van der Waals surface area contributed by atoms with Crippen LogP contribution in [0.1, 0.15) is 18.1 Å². The molecule has 3 aromatic rings. The molecule has 0 radical (unpaired) electrons. The van der Waals surface area contributed by atoms with Crippen molar-refractivity contribution in [3.63, 3.8) is 0 Å². The van der Waals surface area contributed by atoms with Crippen LogP contribution in [0, 0.1) is 13.8 Å². The van der Waals surface area contributed by atoms with Gasteiger partial charge in [0.05, 0.1) is 23.7 Å². The van der Waals surface area contributed by atoms with E-state index in [1.807, 2.05) is 32.0 Å². The Kier molecular flexibility index (Phi) is 6.84. The van der Waals surface area contributed by atoms with Crippen molar-refractivity contribution >= 4 is 35.0 Å². The zero-order valence-corrected chi connectivity index (χ0v) is 18.7. The number of benzene rings is 2. The lowest BCUT2D eigenvalue weighted by atomic mass is 10.1. The Morgan fingerprint density at radius 2 is 1.90 bits per heavy atom. The number of carbonyl (C=O) groups is 1. The molecule has 1 aromatic heterocycles. The average molecular weight is 444 g/mol. The third-order valence-corrected chi connectivity index (χ3v) is 5.86. The average Bonchev–Trinajstić information content (AvgIpc) is 2.71. The van der Waals surface area contributed by atoms with E-state index in [4.69, 9.17) is 16.3 Å². The second-order valence-corrected chi connectivity index (χ2v) is 8.58. The molecule has 0 saturated heterocycles. The highest BCUT2D eigenvalue weighted by Gasteiger charge is 2.18. The largest absolute Gasteiger partial charge is 0.495 e. The zero-order chi connectivity index (χ0) is 21.8. The molecule has 1 unspecified atom stereocenters. The fourth-order valence-corrected chi connectivity index (χ4v) is 3.72. The fourth-order valence-electron chi connectivity index (χ4n) is 2.75. The maximum absolute atomic E-state index is 12.7. The Morgan fingerprint density at radius 3 is 2.60 bits per heavy atom. The van der Waals surface area contributed by atoms with E-state index >= 15 is 0 Å². The lowest BCUT2D eigenvalue weighted by Gasteiger charge is -2.15. The SMILES string of the molecule is COc1ccc(Cl)cc1NC(=O)C(C)Sc1ccc(=O)n(-c2ccc(C)c(C)c2)n1. The van der Waals surface area contributed by atoms with Gasteiger partial charge in [0.25, 0.3) is 5.56 Å². The summed E-state index contributed by atoms with van der Waals surface area (Å²) in [7, 11) is 1.52. The van der Waals surface area contributed by atoms with E-state index in [2.05, 4.69) is 10.4 Å². The van der Waals surface area contributed by atoms with E-state index in [0.717, 1.165) is 11.1 Å². The predicted octanol–water partition coefficient (Wildman–Crippen LogP) is 4.63. The summed E-state index contributed by atoms with van der Waals surface area (Å²) in [6.45, 7) is 5.76. The molecular weight excluding hydrogens is 422 g/mol. The van der Waals surface area contributed by atoms with Gasteiger partial charge in [0.2, 0.25) is 5.91 Å². The minimum absolute atomic E-state index is 0.230. The number of thioether (sulfide) groups is 1. The Bertz CT molecular complexity index is 1150. The summed E-state index contributed by atoms with van der Waals surface area (Å²) in [5, 5.41) is 7.85. The molecule has 0 aliphatic carbocycles. The van der Waals surface area contributed by atoms with Crippen molar-refractivity contribution in [2.75, 3.05) is 12.4 Å². The third-order valence-electron chi connectivity index (χ3n) is 4.60. The molecule has 30 heavy (non-hydrogen) atoms. The van der Waals surface area contributed by atoms with Crippen LogP contribution in [0.3, 0.4) is 0 Å². The number of amides is 1. The van der Waals surface area contributed by atoms with E-state index in [9.17, 15) is 9.59 Å². The number of halogens is 1.